The van der Waals surface area contributed by atoms with Crippen molar-refractivity contribution in [1.29, 1.82) is 0 Å². The van der Waals surface area contributed by atoms with E-state index in [0.717, 1.165) is 62.4 Å². The van der Waals surface area contributed by atoms with Gasteiger partial charge < -0.3 is 10.6 Å². The summed E-state index contributed by atoms with van der Waals surface area (Å²) in [5, 5.41) is 0.811. The monoisotopic (exact) mass is 407 g/mol. The molecule has 142 valence electrons. The van der Waals surface area contributed by atoms with E-state index in [0.29, 0.717) is 0 Å². The summed E-state index contributed by atoms with van der Waals surface area (Å²) in [6, 6.07) is 8.26. The predicted octanol–water partition coefficient (Wildman–Crippen LogP) is 3.66. The second kappa shape index (κ2) is 9.43. The molecule has 1 atom stereocenters. The van der Waals surface area contributed by atoms with Crippen molar-refractivity contribution in [2.45, 2.75) is 44.2 Å². The van der Waals surface area contributed by atoms with Crippen molar-refractivity contribution in [3.63, 3.8) is 0 Å². The number of carbonyl (C=O) groups excluding carboxylic acids is 1. The lowest BCUT2D eigenvalue weighted by Crippen LogP contribution is -2.58. The van der Waals surface area contributed by atoms with Crippen LogP contribution in [-0.2, 0) is 4.79 Å². The van der Waals surface area contributed by atoms with Crippen LogP contribution in [0.4, 0.5) is 0 Å². The van der Waals surface area contributed by atoms with E-state index in [9.17, 15) is 4.79 Å². The molecule has 1 unspecified atom stereocenters. The van der Waals surface area contributed by atoms with Gasteiger partial charge in [0.05, 0.1) is 5.54 Å². The van der Waals surface area contributed by atoms with Gasteiger partial charge in [-0.25, -0.2) is 0 Å². The van der Waals surface area contributed by atoms with Crippen molar-refractivity contribution in [3.8, 4) is 0 Å². The van der Waals surface area contributed by atoms with E-state index in [1.165, 1.54) is 0 Å². The predicted molar refractivity (Wildman–Crippen MR) is 108 cm³/mol. The SMILES string of the molecule is CC(c1ccccc1Cl)N1CCN(C(=O)C2(N)CCCC2)CC1.Cl.Cl. The van der Waals surface area contributed by atoms with Gasteiger partial charge in [-0.15, -0.1) is 24.8 Å². The average molecular weight is 409 g/mol. The lowest BCUT2D eigenvalue weighted by Gasteiger charge is -2.41. The molecule has 0 aromatic heterocycles. The Kier molecular flexibility index (Phi) is 8.49. The van der Waals surface area contributed by atoms with Crippen LogP contribution in [0.3, 0.4) is 0 Å². The Labute approximate surface area is 167 Å². The van der Waals surface area contributed by atoms with Crippen LogP contribution in [0.5, 0.6) is 0 Å². The minimum Gasteiger partial charge on any atom is -0.339 e. The highest BCUT2D eigenvalue weighted by Gasteiger charge is 2.40. The maximum Gasteiger partial charge on any atom is 0.242 e. The minimum atomic E-state index is -0.601. The topological polar surface area (TPSA) is 49.6 Å². The van der Waals surface area contributed by atoms with Crippen LogP contribution in [0.2, 0.25) is 5.02 Å². The summed E-state index contributed by atoms with van der Waals surface area (Å²) >= 11 is 6.31. The van der Waals surface area contributed by atoms with Crippen LogP contribution in [0.1, 0.15) is 44.2 Å². The number of hydrogen-bond donors (Lipinski definition) is 1. The molecule has 1 saturated carbocycles. The van der Waals surface area contributed by atoms with E-state index < -0.39 is 5.54 Å². The van der Waals surface area contributed by atoms with Crippen LogP contribution in [0, 0.1) is 0 Å². The van der Waals surface area contributed by atoms with Gasteiger partial charge in [0.25, 0.3) is 0 Å². The maximum atomic E-state index is 12.7. The van der Waals surface area contributed by atoms with E-state index in [4.69, 9.17) is 17.3 Å². The molecule has 1 aromatic rings. The molecule has 2 fully saturated rings. The Bertz CT molecular complexity index is 570. The summed E-state index contributed by atoms with van der Waals surface area (Å²) < 4.78 is 0. The number of rotatable bonds is 3. The number of amides is 1. The molecule has 4 nitrogen and oxygen atoms in total. The van der Waals surface area contributed by atoms with Gasteiger partial charge >= 0.3 is 0 Å². The van der Waals surface area contributed by atoms with Gasteiger partial charge in [0.15, 0.2) is 0 Å². The average Bonchev–Trinajstić information content (AvgIpc) is 3.02. The zero-order valence-corrected chi connectivity index (χ0v) is 17.0. The molecule has 1 aliphatic carbocycles. The lowest BCUT2D eigenvalue weighted by atomic mass is 9.96. The second-order valence-electron chi connectivity index (χ2n) is 6.89. The highest BCUT2D eigenvalue weighted by Crippen LogP contribution is 2.31. The first-order valence-electron chi connectivity index (χ1n) is 8.58. The maximum absolute atomic E-state index is 12.7. The molecule has 2 N–H and O–H groups in total. The Morgan fingerprint density at radius 3 is 2.24 bits per heavy atom. The number of benzene rings is 1. The molecule has 1 aromatic carbocycles. The number of hydrogen-bond acceptors (Lipinski definition) is 3. The first-order chi connectivity index (χ1) is 11.0. The number of nitrogens with two attached hydrogens (primary N) is 1. The molecule has 1 saturated heterocycles. The molecule has 0 bridgehead atoms. The third kappa shape index (κ3) is 4.81. The van der Waals surface area contributed by atoms with Crippen molar-refractivity contribution in [2.75, 3.05) is 26.2 Å². The van der Waals surface area contributed by atoms with Crippen LogP contribution < -0.4 is 5.73 Å². The summed E-state index contributed by atoms with van der Waals surface area (Å²) in [6.07, 6.45) is 3.82. The zero-order valence-electron chi connectivity index (χ0n) is 14.6. The fourth-order valence-electron chi connectivity index (χ4n) is 3.86. The van der Waals surface area contributed by atoms with E-state index >= 15 is 0 Å². The molecule has 0 radical (unpaired) electrons. The zero-order chi connectivity index (χ0) is 16.4. The van der Waals surface area contributed by atoms with Crippen molar-refractivity contribution in [3.05, 3.63) is 34.9 Å². The van der Waals surface area contributed by atoms with Gasteiger partial charge in [0.1, 0.15) is 0 Å². The lowest BCUT2D eigenvalue weighted by molar-refractivity contribution is -0.138. The number of piperazine rings is 1. The largest absolute Gasteiger partial charge is 0.339 e. The van der Waals surface area contributed by atoms with Crippen LogP contribution in [0.15, 0.2) is 24.3 Å². The Balaban J connectivity index is 0.00000156. The first-order valence-corrected chi connectivity index (χ1v) is 8.96. The van der Waals surface area contributed by atoms with Crippen molar-refractivity contribution in [2.24, 2.45) is 5.73 Å². The minimum absolute atomic E-state index is 0. The molecule has 2 aliphatic rings. The number of halogens is 3. The fourth-order valence-corrected chi connectivity index (χ4v) is 4.15. The normalized spacial score (nSPS) is 21.2. The van der Waals surface area contributed by atoms with Crippen molar-refractivity contribution < 1.29 is 4.79 Å². The quantitative estimate of drug-likeness (QED) is 0.830. The Morgan fingerprint density at radius 2 is 1.68 bits per heavy atom. The van der Waals surface area contributed by atoms with Gasteiger partial charge in [0, 0.05) is 37.2 Å². The molecular formula is C18H28Cl3N3O. The fraction of sp³-hybridized carbons (Fsp3) is 0.611. The Morgan fingerprint density at radius 1 is 1.12 bits per heavy atom. The highest BCUT2D eigenvalue weighted by molar-refractivity contribution is 6.31. The van der Waals surface area contributed by atoms with E-state index in [-0.39, 0.29) is 36.8 Å². The number of nitrogens with zero attached hydrogens (tertiary/aromatic N) is 2. The smallest absolute Gasteiger partial charge is 0.242 e. The standard InChI is InChI=1S/C18H26ClN3O.2ClH/c1-14(15-6-2-3-7-16(15)19)21-10-12-22(13-11-21)17(23)18(20)8-4-5-9-18;;/h2-3,6-7,14H,4-5,8-13,20H2,1H3;2*1H. The molecule has 25 heavy (non-hydrogen) atoms. The van der Waals surface area contributed by atoms with Crippen LogP contribution in [-0.4, -0.2) is 47.4 Å². The third-order valence-electron chi connectivity index (χ3n) is 5.43. The highest BCUT2D eigenvalue weighted by atomic mass is 35.5. The third-order valence-corrected chi connectivity index (χ3v) is 5.77. The summed E-state index contributed by atoms with van der Waals surface area (Å²) in [7, 11) is 0. The van der Waals surface area contributed by atoms with Crippen LogP contribution >= 0.6 is 36.4 Å². The molecule has 1 amide bonds. The van der Waals surface area contributed by atoms with Gasteiger partial charge in [-0.05, 0) is 31.4 Å². The number of carbonyl (C=O) groups is 1. The molecule has 7 heteroatoms. The summed E-state index contributed by atoms with van der Waals surface area (Å²) in [5.41, 5.74) is 6.87. The Hall–Kier alpha value is -0.520. The van der Waals surface area contributed by atoms with Gasteiger partial charge in [-0.3, -0.25) is 9.69 Å². The van der Waals surface area contributed by atoms with E-state index in [2.05, 4.69) is 17.9 Å². The van der Waals surface area contributed by atoms with Crippen molar-refractivity contribution in [1.82, 2.24) is 9.80 Å². The summed E-state index contributed by atoms with van der Waals surface area (Å²) in [6.45, 7) is 5.43. The molecule has 1 heterocycles. The summed E-state index contributed by atoms with van der Waals surface area (Å²) in [5.74, 6) is 0.153. The first kappa shape index (κ1) is 22.5. The van der Waals surface area contributed by atoms with E-state index in [1.54, 1.807) is 0 Å². The van der Waals surface area contributed by atoms with Gasteiger partial charge in [-0.1, -0.05) is 42.6 Å². The van der Waals surface area contributed by atoms with Crippen molar-refractivity contribution >= 4 is 42.3 Å². The molecular weight excluding hydrogens is 381 g/mol. The second-order valence-corrected chi connectivity index (χ2v) is 7.30. The van der Waals surface area contributed by atoms with Gasteiger partial charge in [-0.2, -0.15) is 0 Å². The van der Waals surface area contributed by atoms with Crippen LogP contribution in [0.25, 0.3) is 0 Å². The van der Waals surface area contributed by atoms with Gasteiger partial charge in [0.2, 0.25) is 5.91 Å². The molecule has 1 aliphatic heterocycles. The van der Waals surface area contributed by atoms with E-state index in [1.807, 2.05) is 23.1 Å². The summed E-state index contributed by atoms with van der Waals surface area (Å²) in [4.78, 5) is 17.0. The molecule has 3 rings (SSSR count). The molecule has 0 spiro atoms.